The molecule has 4 nitrogen and oxygen atoms in total. The van der Waals surface area contributed by atoms with E-state index < -0.39 is 0 Å². The zero-order chi connectivity index (χ0) is 18.1. The number of hydrogen-bond acceptors (Lipinski definition) is 1. The maximum Gasteiger partial charge on any atom is 0.224 e. The summed E-state index contributed by atoms with van der Waals surface area (Å²) >= 11 is 0. The van der Waals surface area contributed by atoms with E-state index in [-0.39, 0.29) is 5.91 Å². The quantitative estimate of drug-likeness (QED) is 0.751. The fourth-order valence-corrected chi connectivity index (χ4v) is 3.90. The molecule has 0 bridgehead atoms. The minimum Gasteiger partial charge on any atom is -0.361 e. The number of amides is 1. The Morgan fingerprint density at radius 3 is 2.62 bits per heavy atom. The molecule has 0 atom stereocenters. The molecule has 0 aliphatic carbocycles. The molecule has 1 aliphatic rings. The Morgan fingerprint density at radius 2 is 1.88 bits per heavy atom. The summed E-state index contributed by atoms with van der Waals surface area (Å²) in [6.45, 7) is 6.45. The first-order chi connectivity index (χ1) is 12.6. The maximum atomic E-state index is 12.6. The summed E-state index contributed by atoms with van der Waals surface area (Å²) in [6, 6.07) is 12.6. The van der Waals surface area contributed by atoms with Crippen LogP contribution in [0.4, 0.5) is 0 Å². The standard InChI is InChI=1S/C22H25N3O/c1-16-7-8-17(2)25(16)14-11-22(26)24-12-9-18(10-13-24)20-15-23-21-6-4-3-5-19(20)21/h3-9,15,23H,10-14H2,1-2H3. The number of aromatic nitrogens is 2. The van der Waals surface area contributed by atoms with Gasteiger partial charge in [-0.1, -0.05) is 24.3 Å². The van der Waals surface area contributed by atoms with Crippen LogP contribution in [0.15, 0.2) is 48.7 Å². The number of nitrogens with zero attached hydrogens (tertiary/aromatic N) is 2. The van der Waals surface area contributed by atoms with E-state index in [1.54, 1.807) is 0 Å². The zero-order valence-electron chi connectivity index (χ0n) is 15.5. The summed E-state index contributed by atoms with van der Waals surface area (Å²) in [5.41, 5.74) is 6.21. The van der Waals surface area contributed by atoms with Crippen molar-refractivity contribution >= 4 is 22.4 Å². The molecule has 0 saturated carbocycles. The molecule has 0 fully saturated rings. The van der Waals surface area contributed by atoms with Crippen molar-refractivity contribution < 1.29 is 4.79 Å². The number of para-hydroxylation sites is 1. The first-order valence-electron chi connectivity index (χ1n) is 9.29. The second kappa shape index (κ2) is 6.87. The molecule has 3 heterocycles. The zero-order valence-corrected chi connectivity index (χ0v) is 15.5. The fraction of sp³-hybridized carbons (Fsp3) is 0.318. The number of carbonyl (C=O) groups excluding carboxylic acids is 1. The van der Waals surface area contributed by atoms with E-state index in [4.69, 9.17) is 0 Å². The van der Waals surface area contributed by atoms with Crippen molar-refractivity contribution in [2.45, 2.75) is 33.2 Å². The highest BCUT2D eigenvalue weighted by molar-refractivity contribution is 5.93. The lowest BCUT2D eigenvalue weighted by atomic mass is 9.99. The first kappa shape index (κ1) is 16.7. The van der Waals surface area contributed by atoms with Crippen molar-refractivity contribution in [1.29, 1.82) is 0 Å². The third-order valence-corrected chi connectivity index (χ3v) is 5.46. The lowest BCUT2D eigenvalue weighted by Crippen LogP contribution is -2.35. The molecule has 2 aromatic heterocycles. The Labute approximate surface area is 154 Å². The molecule has 0 spiro atoms. The summed E-state index contributed by atoms with van der Waals surface area (Å²) in [4.78, 5) is 17.9. The van der Waals surface area contributed by atoms with E-state index >= 15 is 0 Å². The number of aromatic amines is 1. The van der Waals surface area contributed by atoms with Crippen LogP contribution in [0, 0.1) is 13.8 Å². The van der Waals surface area contributed by atoms with Crippen LogP contribution in [0.5, 0.6) is 0 Å². The molecule has 1 amide bonds. The topological polar surface area (TPSA) is 41.0 Å². The third-order valence-electron chi connectivity index (χ3n) is 5.46. The molecule has 134 valence electrons. The van der Waals surface area contributed by atoms with Gasteiger partial charge in [0, 0.05) is 60.1 Å². The number of hydrogen-bond donors (Lipinski definition) is 1. The van der Waals surface area contributed by atoms with Gasteiger partial charge >= 0.3 is 0 Å². The van der Waals surface area contributed by atoms with Gasteiger partial charge in [-0.05, 0) is 44.0 Å². The van der Waals surface area contributed by atoms with E-state index in [1.807, 2.05) is 11.0 Å². The number of rotatable bonds is 4. The highest BCUT2D eigenvalue weighted by atomic mass is 16.2. The van der Waals surface area contributed by atoms with Gasteiger partial charge in [0.2, 0.25) is 5.91 Å². The largest absolute Gasteiger partial charge is 0.361 e. The average molecular weight is 347 g/mol. The molecule has 0 radical (unpaired) electrons. The predicted octanol–water partition coefficient (Wildman–Crippen LogP) is 4.29. The number of H-pyrrole nitrogens is 1. The summed E-state index contributed by atoms with van der Waals surface area (Å²) in [6.07, 6.45) is 5.77. The Hall–Kier alpha value is -2.75. The van der Waals surface area contributed by atoms with Crippen LogP contribution in [0.25, 0.3) is 16.5 Å². The highest BCUT2D eigenvalue weighted by Crippen LogP contribution is 2.29. The smallest absolute Gasteiger partial charge is 0.224 e. The number of nitrogens with one attached hydrogen (secondary N) is 1. The number of benzene rings is 1. The molecule has 1 aliphatic heterocycles. The number of aryl methyl sites for hydroxylation is 2. The van der Waals surface area contributed by atoms with Crippen LogP contribution in [0.2, 0.25) is 0 Å². The van der Waals surface area contributed by atoms with E-state index in [0.29, 0.717) is 13.0 Å². The second-order valence-electron chi connectivity index (χ2n) is 7.08. The van der Waals surface area contributed by atoms with Crippen molar-refractivity contribution in [3.05, 3.63) is 65.6 Å². The molecular formula is C22H25N3O. The van der Waals surface area contributed by atoms with Crippen molar-refractivity contribution in [2.75, 3.05) is 13.1 Å². The lowest BCUT2D eigenvalue weighted by molar-refractivity contribution is -0.131. The number of carbonyl (C=O) groups is 1. The normalized spacial score (nSPS) is 14.7. The summed E-state index contributed by atoms with van der Waals surface area (Å²) < 4.78 is 2.22. The van der Waals surface area contributed by atoms with Crippen LogP contribution in [0.1, 0.15) is 29.8 Å². The third kappa shape index (κ3) is 3.07. The van der Waals surface area contributed by atoms with E-state index in [1.165, 1.54) is 33.4 Å². The highest BCUT2D eigenvalue weighted by Gasteiger charge is 2.19. The molecule has 4 rings (SSSR count). The maximum absolute atomic E-state index is 12.6. The van der Waals surface area contributed by atoms with Gasteiger partial charge in [-0.2, -0.15) is 0 Å². The van der Waals surface area contributed by atoms with Gasteiger partial charge in [0.25, 0.3) is 0 Å². The second-order valence-corrected chi connectivity index (χ2v) is 7.08. The number of fused-ring (bicyclic) bond motifs is 1. The van der Waals surface area contributed by atoms with E-state index in [0.717, 1.165) is 19.5 Å². The van der Waals surface area contributed by atoms with Crippen LogP contribution < -0.4 is 0 Å². The Kier molecular flexibility index (Phi) is 4.41. The van der Waals surface area contributed by atoms with Gasteiger partial charge in [-0.15, -0.1) is 0 Å². The monoisotopic (exact) mass is 347 g/mol. The van der Waals surface area contributed by atoms with Crippen molar-refractivity contribution in [2.24, 2.45) is 0 Å². The van der Waals surface area contributed by atoms with Gasteiger partial charge in [-0.3, -0.25) is 4.79 Å². The Balaban J connectivity index is 1.41. The molecule has 26 heavy (non-hydrogen) atoms. The molecule has 4 heteroatoms. The minimum atomic E-state index is 0.242. The van der Waals surface area contributed by atoms with Gasteiger partial charge in [0.1, 0.15) is 0 Å². The van der Waals surface area contributed by atoms with Crippen molar-refractivity contribution in [3.63, 3.8) is 0 Å². The molecule has 3 aromatic rings. The molecule has 1 N–H and O–H groups in total. The molecule has 0 saturated heterocycles. The Bertz CT molecular complexity index is 957. The van der Waals surface area contributed by atoms with Crippen molar-refractivity contribution in [3.8, 4) is 0 Å². The van der Waals surface area contributed by atoms with Crippen LogP contribution >= 0.6 is 0 Å². The van der Waals surface area contributed by atoms with Crippen LogP contribution in [-0.2, 0) is 11.3 Å². The van der Waals surface area contributed by atoms with E-state index in [9.17, 15) is 4.79 Å². The molecular weight excluding hydrogens is 322 g/mol. The first-order valence-corrected chi connectivity index (χ1v) is 9.29. The average Bonchev–Trinajstić information content (AvgIpc) is 3.23. The van der Waals surface area contributed by atoms with Gasteiger partial charge in [0.05, 0.1) is 0 Å². The SMILES string of the molecule is Cc1ccc(C)n1CCC(=O)N1CC=C(c2c[nH]c3ccccc23)CC1. The van der Waals surface area contributed by atoms with Crippen LogP contribution in [0.3, 0.4) is 0 Å². The predicted molar refractivity (Wildman–Crippen MR) is 106 cm³/mol. The van der Waals surface area contributed by atoms with Crippen molar-refractivity contribution in [1.82, 2.24) is 14.5 Å². The summed E-state index contributed by atoms with van der Waals surface area (Å²) in [5, 5.41) is 1.26. The summed E-state index contributed by atoms with van der Waals surface area (Å²) in [5.74, 6) is 0.242. The van der Waals surface area contributed by atoms with Gasteiger partial charge in [-0.25, -0.2) is 0 Å². The summed E-state index contributed by atoms with van der Waals surface area (Å²) in [7, 11) is 0. The lowest BCUT2D eigenvalue weighted by Gasteiger charge is -2.27. The van der Waals surface area contributed by atoms with Crippen LogP contribution in [-0.4, -0.2) is 33.4 Å². The van der Waals surface area contributed by atoms with Gasteiger partial charge < -0.3 is 14.5 Å². The van der Waals surface area contributed by atoms with E-state index in [2.05, 4.69) is 66.0 Å². The minimum absolute atomic E-state index is 0.242. The Morgan fingerprint density at radius 1 is 1.12 bits per heavy atom. The molecule has 1 aromatic carbocycles. The van der Waals surface area contributed by atoms with Gasteiger partial charge in [0.15, 0.2) is 0 Å². The fourth-order valence-electron chi connectivity index (χ4n) is 3.90. The molecule has 0 unspecified atom stereocenters.